The van der Waals surface area contributed by atoms with Crippen LogP contribution in [0.5, 0.6) is 0 Å². The van der Waals surface area contributed by atoms with Crippen LogP contribution < -0.4 is 0 Å². The van der Waals surface area contributed by atoms with Crippen LogP contribution in [-0.4, -0.2) is 24.5 Å². The normalized spacial score (nSPS) is 17.6. The van der Waals surface area contributed by atoms with Gasteiger partial charge in [0.15, 0.2) is 0 Å². The van der Waals surface area contributed by atoms with E-state index in [0.717, 1.165) is 5.92 Å². The number of hydrogen-bond acceptors (Lipinski definition) is 1. The molecule has 0 N–H and O–H groups in total. The molecule has 3 rings (SSSR count). The first-order valence-electron chi connectivity index (χ1n) is 9.33. The van der Waals surface area contributed by atoms with Gasteiger partial charge in [-0.15, -0.1) is 0 Å². The van der Waals surface area contributed by atoms with Crippen molar-refractivity contribution in [3.63, 3.8) is 0 Å². The van der Waals surface area contributed by atoms with Crippen LogP contribution in [0.4, 0.5) is 0 Å². The van der Waals surface area contributed by atoms with Crippen molar-refractivity contribution in [3.8, 4) is 0 Å². The summed E-state index contributed by atoms with van der Waals surface area (Å²) in [6.45, 7) is 5.90. The van der Waals surface area contributed by atoms with Crippen LogP contribution >= 0.6 is 23.2 Å². The van der Waals surface area contributed by atoms with Gasteiger partial charge in [-0.1, -0.05) is 66.5 Å². The van der Waals surface area contributed by atoms with Gasteiger partial charge in [-0.2, -0.15) is 0 Å². The summed E-state index contributed by atoms with van der Waals surface area (Å²) >= 11 is 12.2. The molecule has 1 fully saturated rings. The van der Waals surface area contributed by atoms with Crippen LogP contribution in [-0.2, 0) is 6.42 Å². The minimum absolute atomic E-state index is 0.511. The molecule has 2 aromatic rings. The largest absolute Gasteiger partial charge is 0.303 e. The third kappa shape index (κ3) is 5.48. The summed E-state index contributed by atoms with van der Waals surface area (Å²) in [6, 6.07) is 16.9. The molecular weight excluding hydrogens is 349 g/mol. The molecule has 0 bridgehead atoms. The van der Waals surface area contributed by atoms with E-state index < -0.39 is 0 Å². The van der Waals surface area contributed by atoms with E-state index in [9.17, 15) is 0 Å². The maximum atomic E-state index is 6.15. The van der Waals surface area contributed by atoms with Crippen molar-refractivity contribution in [1.82, 2.24) is 4.90 Å². The van der Waals surface area contributed by atoms with Gasteiger partial charge in [-0.05, 0) is 80.4 Å². The number of piperidine rings is 1. The SMILES string of the molecule is CC(CCN1CCC(Cc2ccccc2)CC1)c1ccc(Cl)c(Cl)c1. The molecule has 1 aliphatic rings. The highest BCUT2D eigenvalue weighted by Gasteiger charge is 2.20. The molecule has 0 spiro atoms. The Morgan fingerprint density at radius 3 is 2.40 bits per heavy atom. The molecule has 1 aliphatic heterocycles. The maximum absolute atomic E-state index is 6.15. The van der Waals surface area contributed by atoms with E-state index in [0.29, 0.717) is 16.0 Å². The Hall–Kier alpha value is -1.02. The van der Waals surface area contributed by atoms with Gasteiger partial charge in [0, 0.05) is 0 Å². The van der Waals surface area contributed by atoms with Gasteiger partial charge in [0.1, 0.15) is 0 Å². The second-order valence-electron chi connectivity index (χ2n) is 7.34. The fourth-order valence-corrected chi connectivity index (χ4v) is 4.03. The Bertz CT molecular complexity index is 663. The van der Waals surface area contributed by atoms with Crippen LogP contribution in [0, 0.1) is 5.92 Å². The highest BCUT2D eigenvalue weighted by atomic mass is 35.5. The number of benzene rings is 2. The van der Waals surface area contributed by atoms with E-state index in [1.54, 1.807) is 0 Å². The third-order valence-electron chi connectivity index (χ3n) is 5.47. The lowest BCUT2D eigenvalue weighted by Crippen LogP contribution is -2.35. The minimum Gasteiger partial charge on any atom is -0.303 e. The van der Waals surface area contributed by atoms with Crippen molar-refractivity contribution in [2.45, 2.75) is 38.5 Å². The monoisotopic (exact) mass is 375 g/mol. The van der Waals surface area contributed by atoms with Crippen molar-refractivity contribution in [1.29, 1.82) is 0 Å². The Morgan fingerprint density at radius 1 is 1.00 bits per heavy atom. The summed E-state index contributed by atoms with van der Waals surface area (Å²) in [6.07, 6.45) is 5.03. The number of rotatable bonds is 6. The highest BCUT2D eigenvalue weighted by Crippen LogP contribution is 2.28. The van der Waals surface area contributed by atoms with Crippen LogP contribution in [0.3, 0.4) is 0 Å². The zero-order valence-electron chi connectivity index (χ0n) is 14.9. The molecular formula is C22H27Cl2N. The lowest BCUT2D eigenvalue weighted by atomic mass is 9.89. The fourth-order valence-electron chi connectivity index (χ4n) is 3.72. The molecule has 0 aromatic heterocycles. The standard InChI is InChI=1S/C22H27Cl2N/c1-17(20-7-8-21(23)22(24)16-20)9-12-25-13-10-19(11-14-25)15-18-5-3-2-4-6-18/h2-8,16-17,19H,9-15H2,1H3. The zero-order valence-corrected chi connectivity index (χ0v) is 16.4. The maximum Gasteiger partial charge on any atom is 0.0595 e. The lowest BCUT2D eigenvalue weighted by molar-refractivity contribution is 0.179. The van der Waals surface area contributed by atoms with Crippen LogP contribution in [0.15, 0.2) is 48.5 Å². The molecule has 25 heavy (non-hydrogen) atoms. The van der Waals surface area contributed by atoms with Gasteiger partial charge in [-0.25, -0.2) is 0 Å². The van der Waals surface area contributed by atoms with Gasteiger partial charge in [0.2, 0.25) is 0 Å². The summed E-state index contributed by atoms with van der Waals surface area (Å²) in [5.74, 6) is 1.35. The predicted molar refractivity (Wildman–Crippen MR) is 109 cm³/mol. The molecule has 0 aliphatic carbocycles. The van der Waals surface area contributed by atoms with Crippen LogP contribution in [0.25, 0.3) is 0 Å². The highest BCUT2D eigenvalue weighted by molar-refractivity contribution is 6.42. The van der Waals surface area contributed by atoms with Crippen LogP contribution in [0.2, 0.25) is 10.0 Å². The van der Waals surface area contributed by atoms with Gasteiger partial charge in [0.05, 0.1) is 10.0 Å². The van der Waals surface area contributed by atoms with Gasteiger partial charge in [-0.3, -0.25) is 0 Å². The van der Waals surface area contributed by atoms with E-state index in [-0.39, 0.29) is 0 Å². The smallest absolute Gasteiger partial charge is 0.0595 e. The van der Waals surface area contributed by atoms with Crippen molar-refractivity contribution in [3.05, 3.63) is 69.7 Å². The van der Waals surface area contributed by atoms with E-state index >= 15 is 0 Å². The average Bonchev–Trinajstić information content (AvgIpc) is 2.64. The molecule has 1 atom stereocenters. The number of nitrogens with zero attached hydrogens (tertiary/aromatic N) is 1. The van der Waals surface area contributed by atoms with Gasteiger partial charge >= 0.3 is 0 Å². The molecule has 1 unspecified atom stereocenters. The zero-order chi connectivity index (χ0) is 17.6. The van der Waals surface area contributed by atoms with Crippen molar-refractivity contribution in [2.24, 2.45) is 5.92 Å². The van der Waals surface area contributed by atoms with Crippen molar-refractivity contribution < 1.29 is 0 Å². The van der Waals surface area contributed by atoms with Gasteiger partial charge < -0.3 is 4.90 Å². The molecule has 1 saturated heterocycles. The van der Waals surface area contributed by atoms with Gasteiger partial charge in [0.25, 0.3) is 0 Å². The molecule has 0 radical (unpaired) electrons. The predicted octanol–water partition coefficient (Wildman–Crippen LogP) is 6.44. The second-order valence-corrected chi connectivity index (χ2v) is 8.15. The summed E-state index contributed by atoms with van der Waals surface area (Å²) in [5.41, 5.74) is 2.77. The average molecular weight is 376 g/mol. The quantitative estimate of drug-likeness (QED) is 0.561. The Morgan fingerprint density at radius 2 is 1.72 bits per heavy atom. The lowest BCUT2D eigenvalue weighted by Gasteiger charge is -2.32. The summed E-state index contributed by atoms with van der Waals surface area (Å²) in [5, 5.41) is 1.30. The fraction of sp³-hybridized carbons (Fsp3) is 0.455. The molecule has 134 valence electrons. The van der Waals surface area contributed by atoms with E-state index in [1.165, 1.54) is 56.4 Å². The topological polar surface area (TPSA) is 3.24 Å². The summed E-state index contributed by atoms with van der Waals surface area (Å²) in [4.78, 5) is 2.62. The summed E-state index contributed by atoms with van der Waals surface area (Å²) in [7, 11) is 0. The molecule has 0 amide bonds. The second kappa shape index (κ2) is 9.07. The molecule has 2 aromatic carbocycles. The van der Waals surface area contributed by atoms with E-state index in [1.807, 2.05) is 12.1 Å². The first-order valence-corrected chi connectivity index (χ1v) is 10.1. The molecule has 1 nitrogen and oxygen atoms in total. The first kappa shape index (κ1) is 18.8. The summed E-state index contributed by atoms with van der Waals surface area (Å²) < 4.78 is 0. The molecule has 3 heteroatoms. The Labute approximate surface area is 161 Å². The Kier molecular flexibility index (Phi) is 6.81. The van der Waals surface area contributed by atoms with Crippen LogP contribution in [0.1, 0.15) is 43.2 Å². The first-order chi connectivity index (χ1) is 12.1. The molecule has 1 heterocycles. The van der Waals surface area contributed by atoms with E-state index in [2.05, 4.69) is 48.2 Å². The minimum atomic E-state index is 0.511. The number of likely N-dealkylation sites (tertiary alicyclic amines) is 1. The number of halogens is 2. The molecule has 0 saturated carbocycles. The Balaban J connectivity index is 1.42. The van der Waals surface area contributed by atoms with E-state index in [4.69, 9.17) is 23.2 Å². The number of hydrogen-bond donors (Lipinski definition) is 0. The van der Waals surface area contributed by atoms with Crippen molar-refractivity contribution >= 4 is 23.2 Å². The van der Waals surface area contributed by atoms with Crippen molar-refractivity contribution in [2.75, 3.05) is 19.6 Å². The third-order valence-corrected chi connectivity index (χ3v) is 6.20.